The molecule has 3 nitrogen and oxygen atoms in total. The molecule has 1 rings (SSSR count). The van der Waals surface area contributed by atoms with Gasteiger partial charge in [0.1, 0.15) is 10.8 Å². The summed E-state index contributed by atoms with van der Waals surface area (Å²) in [6.45, 7) is 12.3. The number of nitrogens with one attached hydrogen (secondary N) is 1. The van der Waals surface area contributed by atoms with E-state index in [0.717, 1.165) is 31.6 Å². The smallest absolute Gasteiger partial charge is 0.142 e. The Kier molecular flexibility index (Phi) is 6.22. The van der Waals surface area contributed by atoms with E-state index in [1.165, 1.54) is 11.4 Å². The molecule has 4 heteroatoms. The number of hydrogen-bond donors (Lipinski definition) is 1. The predicted molar refractivity (Wildman–Crippen MR) is 79.1 cm³/mol. The molecule has 1 aromatic heterocycles. The lowest BCUT2D eigenvalue weighted by atomic mass is 9.85. The maximum atomic E-state index is 4.63. The molecular weight excluding hydrogens is 242 g/mol. The standard InChI is InChI=1S/C14H27N3S/c1-6-8-12-16-13(18-17-12)10-11(14(3,4)5)15-9-7-2/h11,15H,6-10H2,1-5H3. The zero-order valence-electron chi connectivity index (χ0n) is 12.4. The molecule has 1 atom stereocenters. The summed E-state index contributed by atoms with van der Waals surface area (Å²) in [5.74, 6) is 1.01. The first-order valence-electron chi connectivity index (χ1n) is 7.02. The Bertz CT molecular complexity index is 341. The van der Waals surface area contributed by atoms with Crippen LogP contribution in [-0.4, -0.2) is 21.9 Å². The van der Waals surface area contributed by atoms with E-state index in [1.54, 1.807) is 11.5 Å². The number of rotatable bonds is 7. The quantitative estimate of drug-likeness (QED) is 0.824. The highest BCUT2D eigenvalue weighted by Gasteiger charge is 2.25. The van der Waals surface area contributed by atoms with Crippen molar-refractivity contribution in [1.29, 1.82) is 0 Å². The average Bonchev–Trinajstić information content (AvgIpc) is 2.71. The van der Waals surface area contributed by atoms with Crippen LogP contribution < -0.4 is 5.32 Å². The summed E-state index contributed by atoms with van der Waals surface area (Å²) < 4.78 is 4.42. The minimum atomic E-state index is 0.256. The summed E-state index contributed by atoms with van der Waals surface area (Å²) in [5, 5.41) is 4.81. The fraction of sp³-hybridized carbons (Fsp3) is 0.857. The van der Waals surface area contributed by atoms with Crippen LogP contribution >= 0.6 is 11.5 Å². The topological polar surface area (TPSA) is 37.8 Å². The van der Waals surface area contributed by atoms with Crippen molar-refractivity contribution in [3.63, 3.8) is 0 Å². The molecule has 18 heavy (non-hydrogen) atoms. The van der Waals surface area contributed by atoms with Crippen LogP contribution in [0.5, 0.6) is 0 Å². The van der Waals surface area contributed by atoms with Crippen LogP contribution in [0.25, 0.3) is 0 Å². The van der Waals surface area contributed by atoms with Gasteiger partial charge in [-0.2, -0.15) is 4.37 Å². The molecular formula is C14H27N3S. The lowest BCUT2D eigenvalue weighted by molar-refractivity contribution is 0.266. The van der Waals surface area contributed by atoms with Gasteiger partial charge in [0.05, 0.1) is 0 Å². The summed E-state index contributed by atoms with van der Waals surface area (Å²) in [4.78, 5) is 4.63. The van der Waals surface area contributed by atoms with E-state index in [0.29, 0.717) is 6.04 Å². The van der Waals surface area contributed by atoms with Gasteiger partial charge < -0.3 is 5.32 Å². The SMILES string of the molecule is CCCNC(Cc1nc(CCC)ns1)C(C)(C)C. The van der Waals surface area contributed by atoms with E-state index in [9.17, 15) is 0 Å². The van der Waals surface area contributed by atoms with Crippen molar-refractivity contribution in [3.8, 4) is 0 Å². The Morgan fingerprint density at radius 3 is 2.50 bits per heavy atom. The zero-order chi connectivity index (χ0) is 13.6. The largest absolute Gasteiger partial charge is 0.313 e. The number of nitrogens with zero attached hydrogens (tertiary/aromatic N) is 2. The van der Waals surface area contributed by atoms with E-state index in [2.05, 4.69) is 49.3 Å². The Balaban J connectivity index is 2.63. The first-order valence-corrected chi connectivity index (χ1v) is 7.79. The van der Waals surface area contributed by atoms with Crippen LogP contribution in [-0.2, 0) is 12.8 Å². The van der Waals surface area contributed by atoms with E-state index < -0.39 is 0 Å². The summed E-state index contributed by atoms with van der Waals surface area (Å²) in [6, 6.07) is 0.472. The van der Waals surface area contributed by atoms with Crippen LogP contribution in [0.2, 0.25) is 0 Å². The molecule has 1 aromatic rings. The molecule has 0 spiro atoms. The van der Waals surface area contributed by atoms with Gasteiger partial charge in [-0.3, -0.25) is 0 Å². The van der Waals surface area contributed by atoms with E-state index in [4.69, 9.17) is 0 Å². The van der Waals surface area contributed by atoms with Crippen LogP contribution in [0.3, 0.4) is 0 Å². The molecule has 104 valence electrons. The van der Waals surface area contributed by atoms with Crippen LogP contribution in [0.4, 0.5) is 0 Å². The van der Waals surface area contributed by atoms with Gasteiger partial charge in [0.15, 0.2) is 0 Å². The van der Waals surface area contributed by atoms with E-state index in [1.807, 2.05) is 0 Å². The Morgan fingerprint density at radius 1 is 1.22 bits per heavy atom. The average molecular weight is 269 g/mol. The fourth-order valence-electron chi connectivity index (χ4n) is 1.88. The molecule has 0 aliphatic rings. The van der Waals surface area contributed by atoms with Crippen molar-refractivity contribution in [2.45, 2.75) is 66.3 Å². The second kappa shape index (κ2) is 7.19. The summed E-state index contributed by atoms with van der Waals surface area (Å²) >= 11 is 1.57. The molecule has 0 aromatic carbocycles. The molecule has 0 saturated heterocycles. The lowest BCUT2D eigenvalue weighted by Crippen LogP contribution is -2.42. The molecule has 0 amide bonds. The first-order chi connectivity index (χ1) is 8.47. The number of hydrogen-bond acceptors (Lipinski definition) is 4. The minimum Gasteiger partial charge on any atom is -0.313 e. The van der Waals surface area contributed by atoms with Crippen molar-refractivity contribution in [2.75, 3.05) is 6.54 Å². The maximum absolute atomic E-state index is 4.63. The molecule has 0 bridgehead atoms. The first kappa shape index (κ1) is 15.6. The third-order valence-electron chi connectivity index (χ3n) is 3.05. The van der Waals surface area contributed by atoms with Gasteiger partial charge in [-0.15, -0.1) is 0 Å². The van der Waals surface area contributed by atoms with Gasteiger partial charge in [-0.05, 0) is 36.3 Å². The van der Waals surface area contributed by atoms with Gasteiger partial charge in [0.25, 0.3) is 0 Å². The van der Waals surface area contributed by atoms with Gasteiger partial charge >= 0.3 is 0 Å². The third-order valence-corrected chi connectivity index (χ3v) is 3.82. The lowest BCUT2D eigenvalue weighted by Gasteiger charge is -2.31. The fourth-order valence-corrected chi connectivity index (χ4v) is 2.61. The summed E-state index contributed by atoms with van der Waals surface area (Å²) in [7, 11) is 0. The van der Waals surface area contributed by atoms with E-state index >= 15 is 0 Å². The molecule has 0 fully saturated rings. The predicted octanol–water partition coefficient (Wildman–Crippen LogP) is 3.45. The van der Waals surface area contributed by atoms with Crippen LogP contribution in [0.15, 0.2) is 0 Å². The van der Waals surface area contributed by atoms with Crippen molar-refractivity contribution < 1.29 is 0 Å². The van der Waals surface area contributed by atoms with E-state index in [-0.39, 0.29) is 5.41 Å². The van der Waals surface area contributed by atoms with Crippen molar-refractivity contribution in [3.05, 3.63) is 10.8 Å². The van der Waals surface area contributed by atoms with Crippen molar-refractivity contribution >= 4 is 11.5 Å². The van der Waals surface area contributed by atoms with Gasteiger partial charge in [0.2, 0.25) is 0 Å². The Morgan fingerprint density at radius 2 is 1.94 bits per heavy atom. The number of aromatic nitrogens is 2. The van der Waals surface area contributed by atoms with Crippen molar-refractivity contribution in [2.24, 2.45) is 5.41 Å². The van der Waals surface area contributed by atoms with Crippen LogP contribution in [0.1, 0.15) is 58.3 Å². The summed E-state index contributed by atoms with van der Waals surface area (Å²) in [6.07, 6.45) is 4.28. The molecule has 1 heterocycles. The molecule has 1 unspecified atom stereocenters. The van der Waals surface area contributed by atoms with Gasteiger partial charge in [-0.25, -0.2) is 4.98 Å². The minimum absolute atomic E-state index is 0.256. The molecule has 0 aliphatic heterocycles. The highest BCUT2D eigenvalue weighted by atomic mass is 32.1. The Labute approximate surface area is 116 Å². The van der Waals surface area contributed by atoms with Gasteiger partial charge in [-0.1, -0.05) is 34.6 Å². The normalized spacial score (nSPS) is 13.8. The second-order valence-corrected chi connectivity index (χ2v) is 6.77. The highest BCUT2D eigenvalue weighted by Crippen LogP contribution is 2.23. The second-order valence-electron chi connectivity index (χ2n) is 5.93. The van der Waals surface area contributed by atoms with Crippen LogP contribution in [0, 0.1) is 5.41 Å². The highest BCUT2D eigenvalue weighted by molar-refractivity contribution is 7.05. The molecule has 0 aliphatic carbocycles. The molecule has 0 saturated carbocycles. The van der Waals surface area contributed by atoms with Gasteiger partial charge in [0, 0.05) is 18.9 Å². The molecule has 0 radical (unpaired) electrons. The Hall–Kier alpha value is -0.480. The van der Waals surface area contributed by atoms with Crippen molar-refractivity contribution in [1.82, 2.24) is 14.7 Å². The third kappa shape index (κ3) is 5.02. The zero-order valence-corrected chi connectivity index (χ0v) is 13.2. The number of aryl methyl sites for hydroxylation is 1. The summed E-state index contributed by atoms with van der Waals surface area (Å²) in [5.41, 5.74) is 0.256. The molecule has 1 N–H and O–H groups in total. The monoisotopic (exact) mass is 269 g/mol. The maximum Gasteiger partial charge on any atom is 0.142 e.